The molecule has 0 saturated carbocycles. The first-order chi connectivity index (χ1) is 10.6. The summed E-state index contributed by atoms with van der Waals surface area (Å²) in [5, 5.41) is 8.71. The van der Waals surface area contributed by atoms with Gasteiger partial charge in [0.05, 0.1) is 0 Å². The van der Waals surface area contributed by atoms with E-state index in [4.69, 9.17) is 16.0 Å². The Bertz CT molecular complexity index is 774. The number of rotatable bonds is 4. The van der Waals surface area contributed by atoms with E-state index < -0.39 is 0 Å². The van der Waals surface area contributed by atoms with Gasteiger partial charge < -0.3 is 4.42 Å². The quantitative estimate of drug-likeness (QED) is 0.537. The van der Waals surface area contributed by atoms with Crippen molar-refractivity contribution in [3.63, 3.8) is 0 Å². The topological polar surface area (TPSA) is 38.9 Å². The zero-order valence-electron chi connectivity index (χ0n) is 11.1. The fourth-order valence-electron chi connectivity index (χ4n) is 1.78. The molecule has 3 nitrogen and oxygen atoms in total. The molecule has 0 aliphatic carbocycles. The van der Waals surface area contributed by atoms with Crippen LogP contribution in [0.3, 0.4) is 0 Å². The molecule has 3 rings (SSSR count). The van der Waals surface area contributed by atoms with Gasteiger partial charge >= 0.3 is 0 Å². The fourth-order valence-corrected chi connectivity index (χ4v) is 3.15. The average Bonchev–Trinajstić information content (AvgIpc) is 2.96. The summed E-state index contributed by atoms with van der Waals surface area (Å²) >= 11 is 10.6. The fraction of sp³-hybridized carbons (Fsp3) is 0.0667. The standard InChI is InChI=1S/C15H9BrClFN2OS/c16-10-6-4-9(5-7-10)14-19-20-15(21-14)22-8-11-12(17)2-1-3-13(11)18/h1-7H,8H2. The van der Waals surface area contributed by atoms with Crippen LogP contribution in [-0.4, -0.2) is 10.2 Å². The maximum atomic E-state index is 13.7. The van der Waals surface area contributed by atoms with Crippen LogP contribution in [0.4, 0.5) is 4.39 Å². The first kappa shape index (κ1) is 15.5. The van der Waals surface area contributed by atoms with Crippen LogP contribution in [-0.2, 0) is 5.75 Å². The molecule has 3 aromatic rings. The molecule has 1 heterocycles. The highest BCUT2D eigenvalue weighted by Crippen LogP contribution is 2.29. The van der Waals surface area contributed by atoms with Gasteiger partial charge in [0.1, 0.15) is 5.82 Å². The second-order valence-electron chi connectivity index (χ2n) is 4.37. The lowest BCUT2D eigenvalue weighted by atomic mass is 10.2. The van der Waals surface area contributed by atoms with Crippen LogP contribution in [0.1, 0.15) is 5.56 Å². The van der Waals surface area contributed by atoms with E-state index in [0.29, 0.717) is 27.5 Å². The van der Waals surface area contributed by atoms with Gasteiger partial charge in [-0.3, -0.25) is 0 Å². The normalized spacial score (nSPS) is 10.9. The van der Waals surface area contributed by atoms with Crippen LogP contribution < -0.4 is 0 Å². The Morgan fingerprint density at radius 2 is 1.91 bits per heavy atom. The number of aromatic nitrogens is 2. The van der Waals surface area contributed by atoms with Gasteiger partial charge in [-0.15, -0.1) is 10.2 Å². The van der Waals surface area contributed by atoms with E-state index in [2.05, 4.69) is 26.1 Å². The molecule has 0 aliphatic rings. The van der Waals surface area contributed by atoms with E-state index in [-0.39, 0.29) is 5.82 Å². The predicted molar refractivity (Wildman–Crippen MR) is 88.4 cm³/mol. The molecule has 7 heteroatoms. The first-order valence-electron chi connectivity index (χ1n) is 6.28. The minimum absolute atomic E-state index is 0.327. The second kappa shape index (κ2) is 6.81. The molecule has 0 spiro atoms. The minimum atomic E-state index is -0.340. The molecule has 0 aliphatic heterocycles. The molecule has 0 unspecified atom stereocenters. The molecule has 0 atom stereocenters. The van der Waals surface area contributed by atoms with Gasteiger partial charge in [-0.2, -0.15) is 0 Å². The highest BCUT2D eigenvalue weighted by molar-refractivity contribution is 9.10. The Labute approximate surface area is 144 Å². The van der Waals surface area contributed by atoms with Crippen molar-refractivity contribution in [2.45, 2.75) is 11.0 Å². The summed E-state index contributed by atoms with van der Waals surface area (Å²) < 4.78 is 20.2. The summed E-state index contributed by atoms with van der Waals surface area (Å²) in [4.78, 5) is 0. The molecule has 0 saturated heterocycles. The molecule has 0 N–H and O–H groups in total. The summed E-state index contributed by atoms with van der Waals surface area (Å²) in [6.07, 6.45) is 0. The van der Waals surface area contributed by atoms with Crippen LogP contribution in [0.2, 0.25) is 5.02 Å². The third-order valence-electron chi connectivity index (χ3n) is 2.90. The molecule has 1 aromatic heterocycles. The largest absolute Gasteiger partial charge is 0.411 e. The van der Waals surface area contributed by atoms with E-state index in [9.17, 15) is 4.39 Å². The van der Waals surface area contributed by atoms with Crippen molar-refractivity contribution in [3.05, 3.63) is 63.3 Å². The van der Waals surface area contributed by atoms with Crippen molar-refractivity contribution >= 4 is 39.3 Å². The van der Waals surface area contributed by atoms with Crippen molar-refractivity contribution in [3.8, 4) is 11.5 Å². The van der Waals surface area contributed by atoms with Gasteiger partial charge in [0.2, 0.25) is 5.89 Å². The molecule has 2 aromatic carbocycles. The van der Waals surface area contributed by atoms with Crippen molar-refractivity contribution in [2.24, 2.45) is 0 Å². The SMILES string of the molecule is Fc1cccc(Cl)c1CSc1nnc(-c2ccc(Br)cc2)o1. The molecule has 0 radical (unpaired) electrons. The van der Waals surface area contributed by atoms with Gasteiger partial charge in [-0.25, -0.2) is 4.39 Å². The monoisotopic (exact) mass is 398 g/mol. The first-order valence-corrected chi connectivity index (χ1v) is 8.44. The Kier molecular flexibility index (Phi) is 4.81. The number of thioether (sulfide) groups is 1. The lowest BCUT2D eigenvalue weighted by molar-refractivity contribution is 0.465. The van der Waals surface area contributed by atoms with Gasteiger partial charge in [-0.1, -0.05) is 45.4 Å². The molecular formula is C15H9BrClFN2OS. The number of benzene rings is 2. The molecule has 0 fully saturated rings. The van der Waals surface area contributed by atoms with Gasteiger partial charge in [0.15, 0.2) is 0 Å². The number of hydrogen-bond donors (Lipinski definition) is 0. The lowest BCUT2D eigenvalue weighted by Gasteiger charge is -2.02. The van der Waals surface area contributed by atoms with E-state index in [1.165, 1.54) is 17.8 Å². The van der Waals surface area contributed by atoms with E-state index in [0.717, 1.165) is 10.0 Å². The number of nitrogens with zero attached hydrogens (tertiary/aromatic N) is 2. The van der Waals surface area contributed by atoms with Crippen molar-refractivity contribution < 1.29 is 8.81 Å². The Morgan fingerprint density at radius 1 is 1.14 bits per heavy atom. The number of hydrogen-bond acceptors (Lipinski definition) is 4. The maximum absolute atomic E-state index is 13.7. The summed E-state index contributed by atoms with van der Waals surface area (Å²) in [6, 6.07) is 12.1. The molecule has 112 valence electrons. The van der Waals surface area contributed by atoms with E-state index >= 15 is 0 Å². The van der Waals surface area contributed by atoms with Crippen LogP contribution in [0.15, 0.2) is 56.6 Å². The zero-order valence-corrected chi connectivity index (χ0v) is 14.3. The minimum Gasteiger partial charge on any atom is -0.411 e. The van der Waals surface area contributed by atoms with Crippen LogP contribution in [0.25, 0.3) is 11.5 Å². The van der Waals surface area contributed by atoms with Crippen molar-refractivity contribution in [1.82, 2.24) is 10.2 Å². The van der Waals surface area contributed by atoms with E-state index in [1.807, 2.05) is 24.3 Å². The van der Waals surface area contributed by atoms with E-state index in [1.54, 1.807) is 12.1 Å². The average molecular weight is 400 g/mol. The molecule has 0 bridgehead atoms. The summed E-state index contributed by atoms with van der Waals surface area (Å²) in [5.41, 5.74) is 1.25. The highest BCUT2D eigenvalue weighted by Gasteiger charge is 2.12. The van der Waals surface area contributed by atoms with Gasteiger partial charge in [0.25, 0.3) is 5.22 Å². The summed E-state index contributed by atoms with van der Waals surface area (Å²) in [6.45, 7) is 0. The summed E-state index contributed by atoms with van der Waals surface area (Å²) in [5.74, 6) is 0.412. The zero-order chi connectivity index (χ0) is 15.5. The number of halogens is 3. The van der Waals surface area contributed by atoms with Crippen LogP contribution in [0, 0.1) is 5.82 Å². The van der Waals surface area contributed by atoms with Crippen LogP contribution >= 0.6 is 39.3 Å². The summed E-state index contributed by atoms with van der Waals surface area (Å²) in [7, 11) is 0. The Hall–Kier alpha value is -1.37. The smallest absolute Gasteiger partial charge is 0.277 e. The lowest BCUT2D eigenvalue weighted by Crippen LogP contribution is -1.88. The third-order valence-corrected chi connectivity index (χ3v) is 4.63. The van der Waals surface area contributed by atoms with Gasteiger partial charge in [0, 0.05) is 26.4 Å². The molecular weight excluding hydrogens is 391 g/mol. The molecule has 0 amide bonds. The van der Waals surface area contributed by atoms with Crippen molar-refractivity contribution in [2.75, 3.05) is 0 Å². The van der Waals surface area contributed by atoms with Crippen LogP contribution in [0.5, 0.6) is 0 Å². The Balaban J connectivity index is 1.73. The predicted octanol–water partition coefficient (Wildman–Crippen LogP) is 5.58. The second-order valence-corrected chi connectivity index (χ2v) is 6.62. The molecule has 22 heavy (non-hydrogen) atoms. The third kappa shape index (κ3) is 3.51. The highest BCUT2D eigenvalue weighted by atomic mass is 79.9. The van der Waals surface area contributed by atoms with Gasteiger partial charge in [-0.05, 0) is 36.4 Å². The Morgan fingerprint density at radius 3 is 2.64 bits per heavy atom. The maximum Gasteiger partial charge on any atom is 0.277 e. The van der Waals surface area contributed by atoms with Crippen molar-refractivity contribution in [1.29, 1.82) is 0 Å².